The fourth-order valence-electron chi connectivity index (χ4n) is 4.08. The van der Waals surface area contributed by atoms with Gasteiger partial charge in [0.1, 0.15) is 0 Å². The SMILES string of the molecule is CCC1CCCCC1OC1(CNC(C)(C)C)CCCCC1. The molecule has 2 saturated carbocycles. The molecule has 0 radical (unpaired) electrons. The van der Waals surface area contributed by atoms with Crippen LogP contribution in [0.2, 0.25) is 0 Å². The van der Waals surface area contributed by atoms with Crippen molar-refractivity contribution < 1.29 is 4.74 Å². The summed E-state index contributed by atoms with van der Waals surface area (Å²) in [6, 6.07) is 0. The Morgan fingerprint density at radius 3 is 2.29 bits per heavy atom. The van der Waals surface area contributed by atoms with Crippen molar-refractivity contribution >= 4 is 0 Å². The van der Waals surface area contributed by atoms with Gasteiger partial charge in [-0.3, -0.25) is 0 Å². The summed E-state index contributed by atoms with van der Waals surface area (Å²) in [6.07, 6.45) is 13.8. The van der Waals surface area contributed by atoms with Gasteiger partial charge >= 0.3 is 0 Å². The van der Waals surface area contributed by atoms with Crippen LogP contribution in [0.3, 0.4) is 0 Å². The van der Waals surface area contributed by atoms with Gasteiger partial charge in [-0.15, -0.1) is 0 Å². The zero-order valence-electron chi connectivity index (χ0n) is 14.8. The van der Waals surface area contributed by atoms with Crippen LogP contribution in [0.25, 0.3) is 0 Å². The zero-order chi connectivity index (χ0) is 15.3. The third kappa shape index (κ3) is 5.25. The molecule has 0 aromatic rings. The topological polar surface area (TPSA) is 21.3 Å². The molecule has 2 heteroatoms. The predicted octanol–water partition coefficient (Wildman–Crippen LogP) is 5.06. The van der Waals surface area contributed by atoms with E-state index in [-0.39, 0.29) is 11.1 Å². The smallest absolute Gasteiger partial charge is 0.0810 e. The zero-order valence-corrected chi connectivity index (χ0v) is 14.8. The first-order valence-electron chi connectivity index (χ1n) is 9.37. The second kappa shape index (κ2) is 7.46. The van der Waals surface area contributed by atoms with E-state index >= 15 is 0 Å². The summed E-state index contributed by atoms with van der Waals surface area (Å²) < 4.78 is 6.86. The van der Waals surface area contributed by atoms with E-state index in [1.165, 1.54) is 64.2 Å². The van der Waals surface area contributed by atoms with E-state index in [1.807, 2.05) is 0 Å². The number of rotatable bonds is 5. The predicted molar refractivity (Wildman–Crippen MR) is 90.7 cm³/mol. The van der Waals surface area contributed by atoms with E-state index in [2.05, 4.69) is 33.0 Å². The molecule has 0 bridgehead atoms. The fraction of sp³-hybridized carbons (Fsp3) is 1.00. The molecule has 2 fully saturated rings. The molecule has 2 unspecified atom stereocenters. The lowest BCUT2D eigenvalue weighted by Gasteiger charge is -2.44. The summed E-state index contributed by atoms with van der Waals surface area (Å²) in [7, 11) is 0. The van der Waals surface area contributed by atoms with Gasteiger partial charge in [0, 0.05) is 12.1 Å². The Morgan fingerprint density at radius 1 is 1.00 bits per heavy atom. The van der Waals surface area contributed by atoms with Crippen LogP contribution in [0, 0.1) is 5.92 Å². The van der Waals surface area contributed by atoms with Crippen LogP contribution in [0.1, 0.15) is 91.9 Å². The van der Waals surface area contributed by atoms with Crippen molar-refractivity contribution in [3.63, 3.8) is 0 Å². The minimum atomic E-state index is 0.112. The standard InChI is InChI=1S/C19H37NO/c1-5-16-11-7-8-12-17(16)21-19(13-9-6-10-14-19)15-20-18(2,3)4/h16-17,20H,5-15H2,1-4H3. The molecule has 2 aliphatic carbocycles. The molecule has 124 valence electrons. The summed E-state index contributed by atoms with van der Waals surface area (Å²) in [5.41, 5.74) is 0.297. The van der Waals surface area contributed by atoms with Crippen molar-refractivity contribution in [3.05, 3.63) is 0 Å². The quantitative estimate of drug-likeness (QED) is 0.765. The summed E-state index contributed by atoms with van der Waals surface area (Å²) in [5.74, 6) is 0.798. The van der Waals surface area contributed by atoms with E-state index in [9.17, 15) is 0 Å². The van der Waals surface area contributed by atoms with Crippen LogP contribution in [0.4, 0.5) is 0 Å². The lowest BCUT2D eigenvalue weighted by Crippen LogP contribution is -2.52. The van der Waals surface area contributed by atoms with Crippen LogP contribution in [0.15, 0.2) is 0 Å². The van der Waals surface area contributed by atoms with E-state index in [0.717, 1.165) is 12.5 Å². The van der Waals surface area contributed by atoms with Gasteiger partial charge in [-0.2, -0.15) is 0 Å². The minimum Gasteiger partial charge on any atom is -0.370 e. The fourth-order valence-corrected chi connectivity index (χ4v) is 4.08. The summed E-state index contributed by atoms with van der Waals surface area (Å²) in [4.78, 5) is 0. The van der Waals surface area contributed by atoms with Crippen molar-refractivity contribution in [2.75, 3.05) is 6.54 Å². The summed E-state index contributed by atoms with van der Waals surface area (Å²) in [5, 5.41) is 3.73. The van der Waals surface area contributed by atoms with E-state index in [0.29, 0.717) is 6.10 Å². The summed E-state index contributed by atoms with van der Waals surface area (Å²) in [6.45, 7) is 10.2. The lowest BCUT2D eigenvalue weighted by atomic mass is 9.81. The molecule has 0 amide bonds. The first-order chi connectivity index (χ1) is 9.94. The van der Waals surface area contributed by atoms with E-state index in [4.69, 9.17) is 4.74 Å². The maximum Gasteiger partial charge on any atom is 0.0810 e. The van der Waals surface area contributed by atoms with E-state index < -0.39 is 0 Å². The van der Waals surface area contributed by atoms with Crippen LogP contribution < -0.4 is 5.32 Å². The van der Waals surface area contributed by atoms with Crippen molar-refractivity contribution in [1.29, 1.82) is 0 Å². The molecule has 0 aromatic carbocycles. The Bertz CT molecular complexity index is 301. The summed E-state index contributed by atoms with van der Waals surface area (Å²) >= 11 is 0. The van der Waals surface area contributed by atoms with Gasteiger partial charge in [-0.05, 0) is 52.4 Å². The van der Waals surface area contributed by atoms with Crippen molar-refractivity contribution in [3.8, 4) is 0 Å². The number of hydrogen-bond donors (Lipinski definition) is 1. The Balaban J connectivity index is 2.00. The van der Waals surface area contributed by atoms with Gasteiger partial charge in [-0.25, -0.2) is 0 Å². The monoisotopic (exact) mass is 295 g/mol. The molecule has 2 rings (SSSR count). The second-order valence-electron chi connectivity index (χ2n) is 8.46. The molecular weight excluding hydrogens is 258 g/mol. The molecule has 21 heavy (non-hydrogen) atoms. The molecule has 0 heterocycles. The van der Waals surface area contributed by atoms with Gasteiger partial charge in [0.15, 0.2) is 0 Å². The van der Waals surface area contributed by atoms with Gasteiger partial charge in [0.25, 0.3) is 0 Å². The second-order valence-corrected chi connectivity index (χ2v) is 8.46. The van der Waals surface area contributed by atoms with Crippen molar-refractivity contribution in [2.24, 2.45) is 5.92 Å². The molecular formula is C19H37NO. The first-order valence-corrected chi connectivity index (χ1v) is 9.37. The van der Waals surface area contributed by atoms with Crippen LogP contribution in [-0.2, 0) is 4.74 Å². The third-order valence-corrected chi connectivity index (χ3v) is 5.47. The minimum absolute atomic E-state index is 0.112. The lowest BCUT2D eigenvalue weighted by molar-refractivity contribution is -0.142. The molecule has 0 spiro atoms. The van der Waals surface area contributed by atoms with Gasteiger partial charge in [0.05, 0.1) is 11.7 Å². The first kappa shape index (κ1) is 17.3. The highest BCUT2D eigenvalue weighted by atomic mass is 16.5. The number of ether oxygens (including phenoxy) is 1. The van der Waals surface area contributed by atoms with Crippen LogP contribution in [0.5, 0.6) is 0 Å². The highest BCUT2D eigenvalue weighted by molar-refractivity contribution is 4.91. The van der Waals surface area contributed by atoms with Gasteiger partial charge in [0.2, 0.25) is 0 Å². The normalized spacial score (nSPS) is 30.3. The maximum atomic E-state index is 6.86. The van der Waals surface area contributed by atoms with Crippen LogP contribution >= 0.6 is 0 Å². The molecule has 0 aromatic heterocycles. The molecule has 2 aliphatic rings. The van der Waals surface area contributed by atoms with E-state index in [1.54, 1.807) is 0 Å². The third-order valence-electron chi connectivity index (χ3n) is 5.47. The maximum absolute atomic E-state index is 6.86. The molecule has 2 atom stereocenters. The van der Waals surface area contributed by atoms with Crippen molar-refractivity contribution in [1.82, 2.24) is 5.32 Å². The molecule has 0 aliphatic heterocycles. The Morgan fingerprint density at radius 2 is 1.67 bits per heavy atom. The van der Waals surface area contributed by atoms with Crippen molar-refractivity contribution in [2.45, 2.75) is 109 Å². The average molecular weight is 296 g/mol. The Kier molecular flexibility index (Phi) is 6.14. The highest BCUT2D eigenvalue weighted by Crippen LogP contribution is 2.38. The number of nitrogens with one attached hydrogen (secondary N) is 1. The average Bonchev–Trinajstić information content (AvgIpc) is 2.46. The largest absolute Gasteiger partial charge is 0.370 e. The number of hydrogen-bond acceptors (Lipinski definition) is 2. The Hall–Kier alpha value is -0.0800. The highest BCUT2D eigenvalue weighted by Gasteiger charge is 2.38. The molecule has 2 nitrogen and oxygen atoms in total. The van der Waals surface area contributed by atoms with Gasteiger partial charge in [-0.1, -0.05) is 45.4 Å². The molecule has 1 N–H and O–H groups in total. The van der Waals surface area contributed by atoms with Crippen LogP contribution in [-0.4, -0.2) is 23.8 Å². The Labute approximate surface area is 132 Å². The molecule has 0 saturated heterocycles. The van der Waals surface area contributed by atoms with Gasteiger partial charge < -0.3 is 10.1 Å².